The van der Waals surface area contributed by atoms with Gasteiger partial charge in [-0.25, -0.2) is 4.57 Å². The predicted molar refractivity (Wildman–Crippen MR) is 111 cm³/mol. The molecule has 0 aromatic heterocycles. The molecule has 1 rings (SSSR count). The molecule has 1 atom stereocenters. The van der Waals surface area contributed by atoms with Gasteiger partial charge >= 0.3 is 37.4 Å². The molecular formula is C20H36NaO4P. The van der Waals surface area contributed by atoms with Crippen molar-refractivity contribution >= 4 is 37.4 Å². The topological polar surface area (TPSA) is 44.8 Å². The predicted octanol–water partition coefficient (Wildman–Crippen LogP) is 6.50. The van der Waals surface area contributed by atoms with E-state index in [1.165, 1.54) is 51.4 Å². The van der Waals surface area contributed by atoms with E-state index in [0.29, 0.717) is 19.0 Å². The van der Waals surface area contributed by atoms with E-state index < -0.39 is 7.82 Å². The zero-order chi connectivity index (χ0) is 18.2. The summed E-state index contributed by atoms with van der Waals surface area (Å²) in [5, 5.41) is 0. The molecule has 4 nitrogen and oxygen atoms in total. The molecule has 0 amide bonds. The van der Waals surface area contributed by atoms with Crippen LogP contribution in [-0.4, -0.2) is 42.8 Å². The molecule has 0 fully saturated rings. The second kappa shape index (κ2) is 17.3. The molecule has 6 heteroatoms. The summed E-state index contributed by atoms with van der Waals surface area (Å²) < 4.78 is 28.7. The molecule has 26 heavy (non-hydrogen) atoms. The van der Waals surface area contributed by atoms with E-state index in [4.69, 9.17) is 13.6 Å². The van der Waals surface area contributed by atoms with Gasteiger partial charge in [-0.2, -0.15) is 0 Å². The standard InChI is InChI=1S/C20H35O4P.Na.H/c1-3-5-6-7-8-9-10-11-12-16-19-23-25(21,22-4-2)24-20-17-14-13-15-18-20;;/h13-15,17-18H,3-12,16,19H2,1-2H3;;. The first-order chi connectivity index (χ1) is 12.2. The number of hydrogen-bond acceptors (Lipinski definition) is 4. The van der Waals surface area contributed by atoms with Gasteiger partial charge in [0.25, 0.3) is 0 Å². The molecule has 0 saturated carbocycles. The van der Waals surface area contributed by atoms with Crippen LogP contribution in [0.3, 0.4) is 0 Å². The van der Waals surface area contributed by atoms with E-state index in [-0.39, 0.29) is 29.6 Å². The minimum atomic E-state index is -3.52. The monoisotopic (exact) mass is 394 g/mol. The fourth-order valence-corrected chi connectivity index (χ4v) is 3.85. The van der Waals surface area contributed by atoms with Crippen molar-refractivity contribution in [1.82, 2.24) is 0 Å². The van der Waals surface area contributed by atoms with Crippen molar-refractivity contribution in [3.63, 3.8) is 0 Å². The molecular weight excluding hydrogens is 358 g/mol. The van der Waals surface area contributed by atoms with Crippen LogP contribution in [0.15, 0.2) is 30.3 Å². The minimum absolute atomic E-state index is 0. The number of para-hydroxylation sites is 1. The summed E-state index contributed by atoms with van der Waals surface area (Å²) in [6, 6.07) is 9.02. The maximum absolute atomic E-state index is 12.6. The zero-order valence-corrected chi connectivity index (χ0v) is 16.8. The fraction of sp³-hybridized carbons (Fsp3) is 0.700. The Balaban J connectivity index is 0.00000625. The van der Waals surface area contributed by atoms with Crippen molar-refractivity contribution in [2.45, 2.75) is 78.1 Å². The number of rotatable bonds is 16. The summed E-state index contributed by atoms with van der Waals surface area (Å²) in [6.45, 7) is 4.73. The van der Waals surface area contributed by atoms with Crippen LogP contribution in [0.2, 0.25) is 0 Å². The Morgan fingerprint density at radius 1 is 0.769 bits per heavy atom. The third-order valence-electron chi connectivity index (χ3n) is 3.99. The number of phosphoric ester groups is 1. The third kappa shape index (κ3) is 13.4. The molecule has 0 N–H and O–H groups in total. The quantitative estimate of drug-likeness (QED) is 0.182. The molecule has 0 bridgehead atoms. The van der Waals surface area contributed by atoms with Gasteiger partial charge in [0.2, 0.25) is 0 Å². The van der Waals surface area contributed by atoms with Gasteiger partial charge in [-0.05, 0) is 25.5 Å². The first kappa shape index (κ1) is 26.2. The Hall–Kier alpha value is 0.170. The van der Waals surface area contributed by atoms with E-state index in [2.05, 4.69) is 6.92 Å². The van der Waals surface area contributed by atoms with Crippen LogP contribution in [0.5, 0.6) is 5.75 Å². The van der Waals surface area contributed by atoms with E-state index in [9.17, 15) is 4.57 Å². The van der Waals surface area contributed by atoms with Crippen LogP contribution in [-0.2, 0) is 13.6 Å². The Bertz CT molecular complexity index is 470. The fourth-order valence-electron chi connectivity index (χ4n) is 2.62. The van der Waals surface area contributed by atoms with Crippen LogP contribution in [0.25, 0.3) is 0 Å². The maximum atomic E-state index is 12.6. The van der Waals surface area contributed by atoms with Crippen molar-refractivity contribution in [1.29, 1.82) is 0 Å². The van der Waals surface area contributed by atoms with Crippen molar-refractivity contribution < 1.29 is 18.1 Å². The molecule has 0 heterocycles. The van der Waals surface area contributed by atoms with E-state index >= 15 is 0 Å². The summed E-state index contributed by atoms with van der Waals surface area (Å²) in [7, 11) is -3.52. The Morgan fingerprint density at radius 2 is 1.31 bits per heavy atom. The summed E-state index contributed by atoms with van der Waals surface area (Å²) in [6.07, 6.45) is 12.5. The van der Waals surface area contributed by atoms with Crippen molar-refractivity contribution in [2.75, 3.05) is 13.2 Å². The third-order valence-corrected chi connectivity index (χ3v) is 5.50. The van der Waals surface area contributed by atoms with Gasteiger partial charge in [-0.15, -0.1) is 0 Å². The summed E-state index contributed by atoms with van der Waals surface area (Å²) in [4.78, 5) is 0. The van der Waals surface area contributed by atoms with Crippen molar-refractivity contribution in [3.8, 4) is 5.75 Å². The molecule has 0 saturated heterocycles. The SMILES string of the molecule is CCCCCCCCCCCCOP(=O)(OCC)Oc1ccccc1.[NaH]. The van der Waals surface area contributed by atoms with Crippen LogP contribution in [0.4, 0.5) is 0 Å². The van der Waals surface area contributed by atoms with Gasteiger partial charge in [-0.1, -0.05) is 82.9 Å². The molecule has 0 aliphatic rings. The van der Waals surface area contributed by atoms with Crippen molar-refractivity contribution in [2.24, 2.45) is 0 Å². The zero-order valence-electron chi connectivity index (χ0n) is 16.0. The number of phosphoric acid groups is 1. The van der Waals surface area contributed by atoms with Crippen molar-refractivity contribution in [3.05, 3.63) is 30.3 Å². The van der Waals surface area contributed by atoms with Gasteiger partial charge in [0.1, 0.15) is 5.75 Å². The molecule has 0 spiro atoms. The van der Waals surface area contributed by atoms with Crippen LogP contribution in [0.1, 0.15) is 78.1 Å². The van der Waals surface area contributed by atoms with Crippen LogP contribution in [0, 0.1) is 0 Å². The van der Waals surface area contributed by atoms with E-state index in [0.717, 1.165) is 12.8 Å². The second-order valence-corrected chi connectivity index (χ2v) is 7.88. The van der Waals surface area contributed by atoms with E-state index in [1.807, 2.05) is 18.2 Å². The summed E-state index contributed by atoms with van der Waals surface area (Å²) in [5.41, 5.74) is 0. The number of hydrogen-bond donors (Lipinski definition) is 0. The Labute approximate surface area is 182 Å². The van der Waals surface area contributed by atoms with E-state index in [1.54, 1.807) is 19.1 Å². The van der Waals surface area contributed by atoms with Gasteiger partial charge in [0, 0.05) is 0 Å². The first-order valence-corrected chi connectivity index (χ1v) is 11.3. The number of benzene rings is 1. The average Bonchev–Trinajstić information content (AvgIpc) is 2.61. The van der Waals surface area contributed by atoms with Gasteiger partial charge in [-0.3, -0.25) is 9.05 Å². The molecule has 0 radical (unpaired) electrons. The normalized spacial score (nSPS) is 13.0. The molecule has 0 aliphatic heterocycles. The van der Waals surface area contributed by atoms with Crippen LogP contribution >= 0.6 is 7.82 Å². The average molecular weight is 394 g/mol. The summed E-state index contributed by atoms with van der Waals surface area (Å²) >= 11 is 0. The number of unbranched alkanes of at least 4 members (excludes halogenated alkanes) is 9. The molecule has 1 aromatic rings. The van der Waals surface area contributed by atoms with Crippen LogP contribution < -0.4 is 4.52 Å². The second-order valence-electron chi connectivity index (χ2n) is 6.28. The first-order valence-electron chi connectivity index (χ1n) is 9.84. The molecule has 1 aromatic carbocycles. The van der Waals surface area contributed by atoms with Gasteiger partial charge in [0.05, 0.1) is 13.2 Å². The molecule has 0 aliphatic carbocycles. The summed E-state index contributed by atoms with van der Waals surface area (Å²) in [5.74, 6) is 0.502. The Morgan fingerprint density at radius 3 is 1.85 bits per heavy atom. The van der Waals surface area contributed by atoms with Gasteiger partial charge < -0.3 is 4.52 Å². The molecule has 146 valence electrons. The Kier molecular flexibility index (Phi) is 17.4. The van der Waals surface area contributed by atoms with Gasteiger partial charge in [0.15, 0.2) is 0 Å². The molecule has 1 unspecified atom stereocenters.